The van der Waals surface area contributed by atoms with Crippen molar-refractivity contribution in [2.24, 2.45) is 0 Å². The van der Waals surface area contributed by atoms with Gasteiger partial charge >= 0.3 is 0 Å². The maximum atomic E-state index is 12.3. The molecule has 3 rings (SSSR count). The average molecular weight is 373 g/mol. The average Bonchev–Trinajstić information content (AvgIpc) is 3.01. The van der Waals surface area contributed by atoms with Crippen molar-refractivity contribution >= 4 is 34.4 Å². The molecule has 0 aliphatic rings. The van der Waals surface area contributed by atoms with Gasteiger partial charge in [-0.2, -0.15) is 0 Å². The topological polar surface area (TPSA) is 80.6 Å². The van der Waals surface area contributed by atoms with Crippen LogP contribution >= 0.6 is 11.6 Å². The summed E-state index contributed by atoms with van der Waals surface area (Å²) < 4.78 is 10.6. The van der Waals surface area contributed by atoms with Crippen LogP contribution in [0.5, 0.6) is 5.75 Å². The lowest BCUT2D eigenvalue weighted by atomic mass is 10.1. The highest BCUT2D eigenvalue weighted by Crippen LogP contribution is 2.23. The third-order valence-electron chi connectivity index (χ3n) is 3.88. The van der Waals surface area contributed by atoms with E-state index in [-0.39, 0.29) is 17.9 Å². The summed E-state index contributed by atoms with van der Waals surface area (Å²) >= 11 is 5.91. The molecule has 0 unspecified atom stereocenters. The minimum Gasteiger partial charge on any atom is -0.496 e. The van der Waals surface area contributed by atoms with Crippen LogP contribution in [0.25, 0.3) is 11.0 Å². The molecule has 2 N–H and O–H groups in total. The lowest BCUT2D eigenvalue weighted by Gasteiger charge is -2.10. The number of ether oxygens (including phenoxy) is 1. The molecule has 0 fully saturated rings. The van der Waals surface area contributed by atoms with Crippen LogP contribution in [0.1, 0.15) is 21.5 Å². The molecule has 0 saturated heterocycles. The summed E-state index contributed by atoms with van der Waals surface area (Å²) in [5.41, 5.74) is 7.52. The minimum atomic E-state index is -0.523. The number of hydrogen-bond donors (Lipinski definition) is 2. The Hall–Kier alpha value is -2.99. The largest absolute Gasteiger partial charge is 0.496 e. The van der Waals surface area contributed by atoms with E-state index in [9.17, 15) is 9.59 Å². The molecule has 2 aromatic carbocycles. The normalized spacial score (nSPS) is 10.6. The van der Waals surface area contributed by atoms with Crippen LogP contribution in [0.4, 0.5) is 0 Å². The van der Waals surface area contributed by atoms with Gasteiger partial charge in [0.1, 0.15) is 11.3 Å². The molecular weight excluding hydrogens is 356 g/mol. The van der Waals surface area contributed by atoms with Gasteiger partial charge in [-0.1, -0.05) is 23.7 Å². The summed E-state index contributed by atoms with van der Waals surface area (Å²) in [4.78, 5) is 24.4. The van der Waals surface area contributed by atoms with E-state index in [1.54, 1.807) is 18.4 Å². The Labute approximate surface area is 155 Å². The molecule has 26 heavy (non-hydrogen) atoms. The van der Waals surface area contributed by atoms with Crippen molar-refractivity contribution in [2.75, 3.05) is 7.11 Å². The number of furan rings is 1. The van der Waals surface area contributed by atoms with Crippen molar-refractivity contribution in [2.45, 2.75) is 13.3 Å². The summed E-state index contributed by atoms with van der Waals surface area (Å²) in [7, 11) is 1.45. The number of aryl methyl sites for hydroxylation is 1. The van der Waals surface area contributed by atoms with Crippen molar-refractivity contribution in [3.8, 4) is 5.75 Å². The molecule has 3 aromatic rings. The Bertz CT molecular complexity index is 981. The van der Waals surface area contributed by atoms with Gasteiger partial charge in [-0.25, -0.2) is 0 Å². The lowest BCUT2D eigenvalue weighted by molar-refractivity contribution is -0.121. The Morgan fingerprint density at radius 3 is 2.73 bits per heavy atom. The second kappa shape index (κ2) is 7.49. The number of hydrazine groups is 1. The number of nitrogens with one attached hydrogen (secondary N) is 2. The summed E-state index contributed by atoms with van der Waals surface area (Å²) in [6.07, 6.45) is 1.62. The van der Waals surface area contributed by atoms with Crippen LogP contribution in [-0.4, -0.2) is 18.9 Å². The van der Waals surface area contributed by atoms with E-state index in [1.165, 1.54) is 13.2 Å². The Morgan fingerprint density at radius 1 is 1.15 bits per heavy atom. The molecule has 0 bridgehead atoms. The van der Waals surface area contributed by atoms with E-state index in [4.69, 9.17) is 20.8 Å². The number of methoxy groups -OCH3 is 1. The maximum Gasteiger partial charge on any atom is 0.273 e. The van der Waals surface area contributed by atoms with Crippen molar-refractivity contribution < 1.29 is 18.7 Å². The first-order chi connectivity index (χ1) is 12.5. The molecule has 0 radical (unpaired) electrons. The molecule has 134 valence electrons. The first kappa shape index (κ1) is 17.8. The zero-order valence-corrected chi connectivity index (χ0v) is 15.0. The molecule has 7 heteroatoms. The van der Waals surface area contributed by atoms with Gasteiger partial charge in [0.2, 0.25) is 5.91 Å². The highest BCUT2D eigenvalue weighted by molar-refractivity contribution is 6.31. The van der Waals surface area contributed by atoms with Crippen LogP contribution < -0.4 is 15.6 Å². The molecular formula is C19H17ClN2O4. The quantitative estimate of drug-likeness (QED) is 0.688. The van der Waals surface area contributed by atoms with Crippen LogP contribution in [0.15, 0.2) is 47.1 Å². The zero-order chi connectivity index (χ0) is 18.7. The summed E-state index contributed by atoms with van der Waals surface area (Å²) in [6, 6.07) is 10.4. The van der Waals surface area contributed by atoms with E-state index in [0.29, 0.717) is 10.8 Å². The predicted octanol–water partition coefficient (Wildman–Crippen LogP) is 3.41. The number of amides is 2. The molecule has 6 nitrogen and oxygen atoms in total. The molecule has 0 spiro atoms. The van der Waals surface area contributed by atoms with Gasteiger partial charge in [0.05, 0.1) is 25.4 Å². The van der Waals surface area contributed by atoms with E-state index < -0.39 is 5.91 Å². The smallest absolute Gasteiger partial charge is 0.273 e. The van der Waals surface area contributed by atoms with Crippen molar-refractivity contribution in [1.29, 1.82) is 0 Å². The third-order valence-corrected chi connectivity index (χ3v) is 4.12. The molecule has 0 aliphatic carbocycles. The van der Waals surface area contributed by atoms with E-state index in [1.807, 2.05) is 25.1 Å². The highest BCUT2D eigenvalue weighted by Gasteiger charge is 2.15. The number of benzene rings is 2. The predicted molar refractivity (Wildman–Crippen MR) is 98.3 cm³/mol. The van der Waals surface area contributed by atoms with E-state index >= 15 is 0 Å². The zero-order valence-electron chi connectivity index (χ0n) is 14.3. The first-order valence-electron chi connectivity index (χ1n) is 7.87. The molecule has 1 aromatic heterocycles. The van der Waals surface area contributed by atoms with Gasteiger partial charge in [-0.05, 0) is 36.8 Å². The monoisotopic (exact) mass is 372 g/mol. The fourth-order valence-electron chi connectivity index (χ4n) is 2.60. The third kappa shape index (κ3) is 3.81. The summed E-state index contributed by atoms with van der Waals surface area (Å²) in [5.74, 6) is -0.537. The SMILES string of the molecule is COc1ccc(Cl)cc1C(=O)NNC(=O)Cc1coc2cc(C)ccc12. The van der Waals surface area contributed by atoms with Gasteiger partial charge < -0.3 is 9.15 Å². The number of carbonyl (C=O) groups excluding carboxylic acids is 2. The first-order valence-corrected chi connectivity index (χ1v) is 8.25. The number of rotatable bonds is 4. The van der Waals surface area contributed by atoms with Gasteiger partial charge in [-0.3, -0.25) is 20.4 Å². The molecule has 0 aliphatic heterocycles. The van der Waals surface area contributed by atoms with Gasteiger partial charge in [0.25, 0.3) is 5.91 Å². The molecule has 0 atom stereocenters. The Balaban J connectivity index is 1.65. The standard InChI is InChI=1S/C19H17ClN2O4/c1-11-3-5-14-12(10-26-17(14)7-11)8-18(23)21-22-19(24)15-9-13(20)4-6-16(15)25-2/h3-7,9-10H,8H2,1-2H3,(H,21,23)(H,22,24). The van der Waals surface area contributed by atoms with Crippen molar-refractivity contribution in [3.63, 3.8) is 0 Å². The lowest BCUT2D eigenvalue weighted by Crippen LogP contribution is -2.42. The van der Waals surface area contributed by atoms with Crippen LogP contribution in [0, 0.1) is 6.92 Å². The maximum absolute atomic E-state index is 12.3. The summed E-state index contributed by atoms with van der Waals surface area (Å²) in [6.45, 7) is 1.97. The van der Waals surface area contributed by atoms with Crippen LogP contribution in [0.2, 0.25) is 5.02 Å². The molecule has 0 saturated carbocycles. The Morgan fingerprint density at radius 2 is 1.96 bits per heavy atom. The van der Waals surface area contributed by atoms with Gasteiger partial charge in [0, 0.05) is 16.0 Å². The number of fused-ring (bicyclic) bond motifs is 1. The van der Waals surface area contributed by atoms with Crippen molar-refractivity contribution in [1.82, 2.24) is 10.9 Å². The minimum absolute atomic E-state index is 0.0724. The fraction of sp³-hybridized carbons (Fsp3) is 0.158. The van der Waals surface area contributed by atoms with Crippen molar-refractivity contribution in [3.05, 3.63) is 64.4 Å². The number of hydrogen-bond acceptors (Lipinski definition) is 4. The van der Waals surface area contributed by atoms with Crippen LogP contribution in [0.3, 0.4) is 0 Å². The molecule has 2 amide bonds. The summed E-state index contributed by atoms with van der Waals surface area (Å²) in [5, 5.41) is 1.26. The van der Waals surface area contributed by atoms with Gasteiger partial charge in [-0.15, -0.1) is 0 Å². The second-order valence-corrected chi connectivity index (χ2v) is 6.22. The van der Waals surface area contributed by atoms with E-state index in [0.717, 1.165) is 22.1 Å². The van der Waals surface area contributed by atoms with Gasteiger partial charge in [0.15, 0.2) is 0 Å². The fourth-order valence-corrected chi connectivity index (χ4v) is 2.77. The Kier molecular flexibility index (Phi) is 5.14. The molecule has 1 heterocycles. The van der Waals surface area contributed by atoms with E-state index in [2.05, 4.69) is 10.9 Å². The highest BCUT2D eigenvalue weighted by atomic mass is 35.5. The number of halogens is 1. The second-order valence-electron chi connectivity index (χ2n) is 5.78. The number of carbonyl (C=O) groups is 2. The van der Waals surface area contributed by atoms with Crippen LogP contribution in [-0.2, 0) is 11.2 Å².